The van der Waals surface area contributed by atoms with E-state index in [1.165, 1.54) is 11.4 Å². The van der Waals surface area contributed by atoms with E-state index in [0.29, 0.717) is 6.04 Å². The van der Waals surface area contributed by atoms with Crippen LogP contribution in [-0.2, 0) is 0 Å². The van der Waals surface area contributed by atoms with Crippen molar-refractivity contribution in [3.8, 4) is 0 Å². The average molecular weight is 241 g/mol. The summed E-state index contributed by atoms with van der Waals surface area (Å²) in [5.74, 6) is 0. The third-order valence-corrected chi connectivity index (χ3v) is 3.08. The zero-order valence-electron chi connectivity index (χ0n) is 7.84. The number of hydrogen-bond donors (Lipinski definition) is 1. The van der Waals surface area contributed by atoms with Crippen LogP contribution in [0.25, 0.3) is 0 Å². The smallest absolute Gasteiger partial charge is 0.0613 e. The largest absolute Gasteiger partial charge is 0.381 e. The minimum Gasteiger partial charge on any atom is -0.381 e. The molecule has 0 bridgehead atoms. The molecule has 0 fully saturated rings. The predicted octanol–water partition coefficient (Wildman–Crippen LogP) is 2.70. The van der Waals surface area contributed by atoms with E-state index < -0.39 is 0 Å². The molecule has 2 rings (SSSR count). The number of benzene rings is 1. The van der Waals surface area contributed by atoms with Gasteiger partial charge in [0, 0.05) is 24.1 Å². The van der Waals surface area contributed by atoms with Crippen molar-refractivity contribution in [3.63, 3.8) is 0 Å². The predicted molar refractivity (Wildman–Crippen MR) is 60.5 cm³/mol. The number of rotatable bonds is 0. The third kappa shape index (κ3) is 1.53. The molecule has 13 heavy (non-hydrogen) atoms. The molecule has 1 N–H and O–H groups in total. The van der Waals surface area contributed by atoms with Crippen LogP contribution in [0.5, 0.6) is 0 Å². The third-order valence-electron chi connectivity index (χ3n) is 2.59. The highest BCUT2D eigenvalue weighted by Gasteiger charge is 2.18. The Morgan fingerprint density at radius 1 is 1.54 bits per heavy atom. The zero-order valence-corrected chi connectivity index (χ0v) is 9.43. The van der Waals surface area contributed by atoms with Gasteiger partial charge in [0.05, 0.1) is 11.4 Å². The van der Waals surface area contributed by atoms with Gasteiger partial charge in [-0.2, -0.15) is 0 Å². The molecule has 2 nitrogen and oxygen atoms in total. The SMILES string of the molecule is CC1CNc2ccc(Br)cc2N1C. The summed E-state index contributed by atoms with van der Waals surface area (Å²) in [6.07, 6.45) is 0. The van der Waals surface area contributed by atoms with Gasteiger partial charge in [-0.05, 0) is 25.1 Å². The van der Waals surface area contributed by atoms with E-state index in [2.05, 4.69) is 58.3 Å². The molecule has 70 valence electrons. The highest BCUT2D eigenvalue weighted by Crippen LogP contribution is 2.32. The van der Waals surface area contributed by atoms with E-state index in [1.807, 2.05) is 0 Å². The van der Waals surface area contributed by atoms with Gasteiger partial charge in [0.1, 0.15) is 0 Å². The summed E-state index contributed by atoms with van der Waals surface area (Å²) in [7, 11) is 2.14. The van der Waals surface area contributed by atoms with E-state index in [4.69, 9.17) is 0 Å². The molecule has 0 saturated carbocycles. The lowest BCUT2D eigenvalue weighted by atomic mass is 10.1. The molecule has 1 aliphatic rings. The van der Waals surface area contributed by atoms with Crippen LogP contribution in [0.4, 0.5) is 11.4 Å². The lowest BCUT2D eigenvalue weighted by Crippen LogP contribution is -2.39. The number of nitrogens with one attached hydrogen (secondary N) is 1. The summed E-state index contributed by atoms with van der Waals surface area (Å²) in [5, 5.41) is 3.41. The number of anilines is 2. The fourth-order valence-corrected chi connectivity index (χ4v) is 1.93. The number of nitrogens with zero attached hydrogens (tertiary/aromatic N) is 1. The van der Waals surface area contributed by atoms with E-state index in [1.54, 1.807) is 0 Å². The molecule has 0 aliphatic carbocycles. The molecule has 1 heterocycles. The minimum atomic E-state index is 0.557. The monoisotopic (exact) mass is 240 g/mol. The fourth-order valence-electron chi connectivity index (χ4n) is 1.58. The van der Waals surface area contributed by atoms with Crippen molar-refractivity contribution < 1.29 is 0 Å². The van der Waals surface area contributed by atoms with Crippen molar-refractivity contribution in [1.82, 2.24) is 0 Å². The second kappa shape index (κ2) is 3.22. The topological polar surface area (TPSA) is 15.3 Å². The maximum Gasteiger partial charge on any atom is 0.0613 e. The fraction of sp³-hybridized carbons (Fsp3) is 0.400. The first-order valence-electron chi connectivity index (χ1n) is 4.45. The van der Waals surface area contributed by atoms with E-state index in [0.717, 1.165) is 11.0 Å². The number of halogens is 1. The Hall–Kier alpha value is -0.700. The molecule has 1 unspecified atom stereocenters. The highest BCUT2D eigenvalue weighted by atomic mass is 79.9. The lowest BCUT2D eigenvalue weighted by molar-refractivity contribution is 0.699. The molecule has 0 radical (unpaired) electrons. The Morgan fingerprint density at radius 3 is 3.08 bits per heavy atom. The van der Waals surface area contributed by atoms with Crippen LogP contribution < -0.4 is 10.2 Å². The Bertz CT molecular complexity index is 325. The van der Waals surface area contributed by atoms with Gasteiger partial charge < -0.3 is 10.2 Å². The minimum absolute atomic E-state index is 0.557. The summed E-state index contributed by atoms with van der Waals surface area (Å²) in [6, 6.07) is 6.89. The highest BCUT2D eigenvalue weighted by molar-refractivity contribution is 9.10. The van der Waals surface area contributed by atoms with Gasteiger partial charge in [0.25, 0.3) is 0 Å². The van der Waals surface area contributed by atoms with Crippen LogP contribution in [0.1, 0.15) is 6.92 Å². The van der Waals surface area contributed by atoms with Gasteiger partial charge in [-0.15, -0.1) is 0 Å². The summed E-state index contributed by atoms with van der Waals surface area (Å²) in [6.45, 7) is 3.24. The molecular weight excluding hydrogens is 228 g/mol. The van der Waals surface area contributed by atoms with Crippen LogP contribution in [0, 0.1) is 0 Å². The standard InChI is InChI=1S/C10H13BrN2/c1-7-6-12-9-4-3-8(11)5-10(9)13(7)2/h3-5,7,12H,6H2,1-2H3. The summed E-state index contributed by atoms with van der Waals surface area (Å²) in [4.78, 5) is 2.30. The van der Waals surface area contributed by atoms with Crippen molar-refractivity contribution in [2.45, 2.75) is 13.0 Å². The number of fused-ring (bicyclic) bond motifs is 1. The van der Waals surface area contributed by atoms with Crippen molar-refractivity contribution in [3.05, 3.63) is 22.7 Å². The Balaban J connectivity index is 2.45. The molecule has 1 atom stereocenters. The second-order valence-electron chi connectivity index (χ2n) is 3.50. The summed E-state index contributed by atoms with van der Waals surface area (Å²) < 4.78 is 1.13. The molecule has 1 aliphatic heterocycles. The van der Waals surface area contributed by atoms with Crippen molar-refractivity contribution in [1.29, 1.82) is 0 Å². The van der Waals surface area contributed by atoms with Crippen LogP contribution in [-0.4, -0.2) is 19.6 Å². The van der Waals surface area contributed by atoms with Crippen molar-refractivity contribution in [2.24, 2.45) is 0 Å². The second-order valence-corrected chi connectivity index (χ2v) is 4.42. The van der Waals surface area contributed by atoms with Gasteiger partial charge >= 0.3 is 0 Å². The van der Waals surface area contributed by atoms with Crippen molar-refractivity contribution in [2.75, 3.05) is 23.8 Å². The maximum atomic E-state index is 3.48. The van der Waals surface area contributed by atoms with E-state index in [-0.39, 0.29) is 0 Å². The Kier molecular flexibility index (Phi) is 2.20. The molecule has 0 aromatic heterocycles. The first kappa shape index (κ1) is 8.88. The number of likely N-dealkylation sites (N-methyl/N-ethyl adjacent to an activating group) is 1. The average Bonchev–Trinajstić information content (AvgIpc) is 2.12. The number of hydrogen-bond acceptors (Lipinski definition) is 2. The zero-order chi connectivity index (χ0) is 9.42. The first-order valence-corrected chi connectivity index (χ1v) is 5.24. The van der Waals surface area contributed by atoms with Gasteiger partial charge in [0.2, 0.25) is 0 Å². The molecule has 3 heteroatoms. The Labute approximate surface area is 87.1 Å². The molecule has 1 aromatic carbocycles. The van der Waals surface area contributed by atoms with Crippen LogP contribution in [0.3, 0.4) is 0 Å². The van der Waals surface area contributed by atoms with Gasteiger partial charge in [-0.3, -0.25) is 0 Å². The van der Waals surface area contributed by atoms with Gasteiger partial charge in [-0.25, -0.2) is 0 Å². The molecular formula is C10H13BrN2. The maximum absolute atomic E-state index is 3.48. The van der Waals surface area contributed by atoms with Crippen LogP contribution >= 0.6 is 15.9 Å². The summed E-state index contributed by atoms with van der Waals surface area (Å²) in [5.41, 5.74) is 2.50. The first-order chi connectivity index (χ1) is 6.18. The molecule has 0 amide bonds. The van der Waals surface area contributed by atoms with Crippen LogP contribution in [0.2, 0.25) is 0 Å². The normalized spacial score (nSPS) is 20.8. The van der Waals surface area contributed by atoms with Gasteiger partial charge in [0.15, 0.2) is 0 Å². The molecule has 0 saturated heterocycles. The molecule has 0 spiro atoms. The van der Waals surface area contributed by atoms with E-state index >= 15 is 0 Å². The van der Waals surface area contributed by atoms with Crippen LogP contribution in [0.15, 0.2) is 22.7 Å². The Morgan fingerprint density at radius 2 is 2.31 bits per heavy atom. The lowest BCUT2D eigenvalue weighted by Gasteiger charge is -2.34. The van der Waals surface area contributed by atoms with E-state index in [9.17, 15) is 0 Å². The van der Waals surface area contributed by atoms with Gasteiger partial charge in [-0.1, -0.05) is 15.9 Å². The van der Waals surface area contributed by atoms with Crippen molar-refractivity contribution >= 4 is 27.3 Å². The quantitative estimate of drug-likeness (QED) is 0.751. The molecule has 1 aromatic rings. The summed E-state index contributed by atoms with van der Waals surface area (Å²) >= 11 is 3.48.